The highest BCUT2D eigenvalue weighted by Crippen LogP contribution is 2.24. The molecule has 3 aromatic heterocycles. The number of carbonyl (C=O) groups is 1. The fourth-order valence-electron chi connectivity index (χ4n) is 2.75. The number of hydrogen-bond donors (Lipinski definition) is 0. The van der Waals surface area contributed by atoms with Crippen LogP contribution in [-0.4, -0.2) is 35.9 Å². The van der Waals surface area contributed by atoms with Crippen molar-refractivity contribution in [1.29, 1.82) is 0 Å². The predicted octanol–water partition coefficient (Wildman–Crippen LogP) is 3.73. The molecule has 0 aliphatic carbocycles. The van der Waals surface area contributed by atoms with E-state index in [1.807, 2.05) is 19.1 Å². The standard InChI is InChI=1S/C20H15Cl2N5O3S/c1-12-2-4-15(7-16(12)22)27-11-23-25-20(27)31-10-19(29)30-9-14-6-18(28)26-8-13(21)3-5-17(26)24-14/h2-8,11H,9-10H2,1H3. The van der Waals surface area contributed by atoms with E-state index in [4.69, 9.17) is 27.9 Å². The van der Waals surface area contributed by atoms with Gasteiger partial charge < -0.3 is 4.74 Å². The third-order valence-corrected chi connectivity index (χ3v) is 5.87. The average molecular weight is 476 g/mol. The summed E-state index contributed by atoms with van der Waals surface area (Å²) in [6, 6.07) is 10.2. The Bertz CT molecular complexity index is 1340. The van der Waals surface area contributed by atoms with E-state index in [0.29, 0.717) is 26.5 Å². The summed E-state index contributed by atoms with van der Waals surface area (Å²) in [6.45, 7) is 1.80. The number of fused-ring (bicyclic) bond motifs is 1. The van der Waals surface area contributed by atoms with E-state index in [1.54, 1.807) is 29.1 Å². The third-order valence-electron chi connectivity index (χ3n) is 4.33. The first kappa shape index (κ1) is 21.4. The summed E-state index contributed by atoms with van der Waals surface area (Å²) < 4.78 is 8.32. The lowest BCUT2D eigenvalue weighted by atomic mass is 10.2. The van der Waals surface area contributed by atoms with Crippen molar-refractivity contribution in [3.8, 4) is 5.69 Å². The number of nitrogens with zero attached hydrogens (tertiary/aromatic N) is 5. The van der Waals surface area contributed by atoms with Crippen LogP contribution in [-0.2, 0) is 16.1 Å². The van der Waals surface area contributed by atoms with Gasteiger partial charge in [0, 0.05) is 17.3 Å². The monoisotopic (exact) mass is 475 g/mol. The molecule has 0 aliphatic heterocycles. The van der Waals surface area contributed by atoms with Gasteiger partial charge in [-0.3, -0.25) is 18.6 Å². The van der Waals surface area contributed by atoms with Crippen molar-refractivity contribution in [3.05, 3.63) is 80.6 Å². The maximum absolute atomic E-state index is 12.2. The molecule has 8 nitrogen and oxygen atoms in total. The summed E-state index contributed by atoms with van der Waals surface area (Å²) in [7, 11) is 0. The minimum absolute atomic E-state index is 0.0143. The number of carbonyl (C=O) groups excluding carboxylic acids is 1. The van der Waals surface area contributed by atoms with Gasteiger partial charge in [-0.25, -0.2) is 4.98 Å². The molecule has 0 spiro atoms. The van der Waals surface area contributed by atoms with Gasteiger partial charge in [-0.1, -0.05) is 41.0 Å². The van der Waals surface area contributed by atoms with Gasteiger partial charge in [0.1, 0.15) is 18.6 Å². The van der Waals surface area contributed by atoms with Crippen molar-refractivity contribution < 1.29 is 9.53 Å². The van der Waals surface area contributed by atoms with Crippen molar-refractivity contribution in [1.82, 2.24) is 24.1 Å². The molecule has 0 saturated carbocycles. The van der Waals surface area contributed by atoms with E-state index in [-0.39, 0.29) is 17.9 Å². The lowest BCUT2D eigenvalue weighted by Crippen LogP contribution is -2.17. The highest BCUT2D eigenvalue weighted by molar-refractivity contribution is 7.99. The second kappa shape index (κ2) is 9.09. The minimum atomic E-state index is -0.473. The normalized spacial score (nSPS) is 11.1. The maximum Gasteiger partial charge on any atom is 0.316 e. The predicted molar refractivity (Wildman–Crippen MR) is 118 cm³/mol. The number of hydrogen-bond acceptors (Lipinski definition) is 7. The molecule has 0 unspecified atom stereocenters. The number of rotatable bonds is 6. The van der Waals surface area contributed by atoms with Crippen molar-refractivity contribution in [2.45, 2.75) is 18.7 Å². The number of aryl methyl sites for hydroxylation is 1. The molecule has 1 aromatic carbocycles. The smallest absolute Gasteiger partial charge is 0.316 e. The van der Waals surface area contributed by atoms with E-state index >= 15 is 0 Å². The summed E-state index contributed by atoms with van der Waals surface area (Å²) in [5.74, 6) is -0.458. The number of esters is 1. The van der Waals surface area contributed by atoms with Gasteiger partial charge >= 0.3 is 5.97 Å². The van der Waals surface area contributed by atoms with Crippen LogP contribution in [0, 0.1) is 6.92 Å². The Morgan fingerprint density at radius 2 is 2.03 bits per heavy atom. The SMILES string of the molecule is Cc1ccc(-n2cnnc2SCC(=O)OCc2cc(=O)n3cc(Cl)ccc3n2)cc1Cl. The molecule has 11 heteroatoms. The van der Waals surface area contributed by atoms with Crippen LogP contribution in [0.3, 0.4) is 0 Å². The Balaban J connectivity index is 1.39. The molecular weight excluding hydrogens is 461 g/mol. The zero-order valence-corrected chi connectivity index (χ0v) is 18.5. The van der Waals surface area contributed by atoms with Gasteiger partial charge in [-0.05, 0) is 36.8 Å². The maximum atomic E-state index is 12.2. The van der Waals surface area contributed by atoms with Crippen LogP contribution < -0.4 is 5.56 Å². The van der Waals surface area contributed by atoms with Crippen LogP contribution in [0.4, 0.5) is 0 Å². The Morgan fingerprint density at radius 3 is 2.84 bits per heavy atom. The van der Waals surface area contributed by atoms with Gasteiger partial charge in [-0.15, -0.1) is 10.2 Å². The van der Waals surface area contributed by atoms with Crippen LogP contribution in [0.2, 0.25) is 10.0 Å². The van der Waals surface area contributed by atoms with Gasteiger partial charge in [0.2, 0.25) is 0 Å². The number of ether oxygens (including phenoxy) is 1. The molecule has 158 valence electrons. The molecule has 0 fully saturated rings. The summed E-state index contributed by atoms with van der Waals surface area (Å²) in [4.78, 5) is 28.7. The Hall–Kier alpha value is -2.88. The summed E-state index contributed by atoms with van der Waals surface area (Å²) in [6.07, 6.45) is 3.03. The molecule has 0 amide bonds. The second-order valence-corrected chi connectivity index (χ2v) is 8.31. The van der Waals surface area contributed by atoms with Gasteiger partial charge in [-0.2, -0.15) is 0 Å². The fraction of sp³-hybridized carbons (Fsp3) is 0.150. The first-order valence-electron chi connectivity index (χ1n) is 9.03. The Kier molecular flexibility index (Phi) is 6.26. The van der Waals surface area contributed by atoms with E-state index < -0.39 is 5.97 Å². The first-order valence-corrected chi connectivity index (χ1v) is 10.8. The topological polar surface area (TPSA) is 91.4 Å². The number of thioether (sulfide) groups is 1. The van der Waals surface area contributed by atoms with Crippen LogP contribution >= 0.6 is 35.0 Å². The average Bonchev–Trinajstić information content (AvgIpc) is 3.22. The minimum Gasteiger partial charge on any atom is -0.459 e. The lowest BCUT2D eigenvalue weighted by Gasteiger charge is -2.08. The molecule has 0 bridgehead atoms. The van der Waals surface area contributed by atoms with Crippen molar-refractivity contribution in [3.63, 3.8) is 0 Å². The number of halogens is 2. The fourth-order valence-corrected chi connectivity index (χ4v) is 3.81. The molecule has 31 heavy (non-hydrogen) atoms. The first-order chi connectivity index (χ1) is 14.9. The van der Waals surface area contributed by atoms with Crippen LogP contribution in [0.1, 0.15) is 11.3 Å². The largest absolute Gasteiger partial charge is 0.459 e. The highest BCUT2D eigenvalue weighted by atomic mass is 35.5. The number of aromatic nitrogens is 5. The van der Waals surface area contributed by atoms with E-state index in [2.05, 4.69) is 15.2 Å². The van der Waals surface area contributed by atoms with Gasteiger partial charge in [0.15, 0.2) is 5.16 Å². The summed E-state index contributed by atoms with van der Waals surface area (Å²) in [5, 5.41) is 9.53. The molecule has 4 aromatic rings. The molecule has 0 saturated heterocycles. The van der Waals surface area contributed by atoms with E-state index in [9.17, 15) is 9.59 Å². The van der Waals surface area contributed by atoms with Crippen molar-refractivity contribution >= 4 is 46.6 Å². The zero-order valence-electron chi connectivity index (χ0n) is 16.2. The second-order valence-electron chi connectivity index (χ2n) is 6.53. The lowest BCUT2D eigenvalue weighted by molar-refractivity contribution is -0.141. The van der Waals surface area contributed by atoms with Crippen LogP contribution in [0.25, 0.3) is 11.3 Å². The van der Waals surface area contributed by atoms with E-state index in [1.165, 1.54) is 28.4 Å². The molecule has 0 aliphatic rings. The molecular formula is C20H15Cl2N5O3S. The van der Waals surface area contributed by atoms with Crippen molar-refractivity contribution in [2.24, 2.45) is 0 Å². The Morgan fingerprint density at radius 1 is 1.19 bits per heavy atom. The molecule has 4 rings (SSSR count). The highest BCUT2D eigenvalue weighted by Gasteiger charge is 2.13. The van der Waals surface area contributed by atoms with Crippen LogP contribution in [0.15, 0.2) is 58.9 Å². The van der Waals surface area contributed by atoms with Gasteiger partial charge in [0.25, 0.3) is 5.56 Å². The third kappa shape index (κ3) is 4.90. The quantitative estimate of drug-likeness (QED) is 0.309. The molecule has 0 N–H and O–H groups in total. The number of pyridine rings is 1. The zero-order chi connectivity index (χ0) is 22.0. The van der Waals surface area contributed by atoms with Crippen molar-refractivity contribution in [2.75, 3.05) is 5.75 Å². The molecule has 3 heterocycles. The van der Waals surface area contributed by atoms with Crippen LogP contribution in [0.5, 0.6) is 0 Å². The summed E-state index contributed by atoms with van der Waals surface area (Å²) in [5.41, 5.74) is 2.21. The summed E-state index contributed by atoms with van der Waals surface area (Å²) >= 11 is 13.3. The van der Waals surface area contributed by atoms with Gasteiger partial charge in [0.05, 0.1) is 22.2 Å². The molecule has 0 atom stereocenters. The Labute approximate surface area is 190 Å². The molecule has 0 radical (unpaired) electrons. The van der Waals surface area contributed by atoms with E-state index in [0.717, 1.165) is 11.3 Å². The number of benzene rings is 1.